The minimum Gasteiger partial charge on any atom is -0.338 e. The van der Waals surface area contributed by atoms with E-state index in [2.05, 4.69) is 4.84 Å². The Morgan fingerprint density at radius 3 is 2.18 bits per heavy atom. The topological polar surface area (TPSA) is 110 Å². The van der Waals surface area contributed by atoms with Gasteiger partial charge in [-0.1, -0.05) is 12.1 Å². The molecule has 0 saturated carbocycles. The van der Waals surface area contributed by atoms with Crippen molar-refractivity contribution in [1.82, 2.24) is 9.79 Å². The van der Waals surface area contributed by atoms with E-state index >= 15 is 0 Å². The molecule has 1 aromatic rings. The number of rotatable bonds is 4. The van der Waals surface area contributed by atoms with Crippen molar-refractivity contribution in [3.05, 3.63) is 24.3 Å². The van der Waals surface area contributed by atoms with Gasteiger partial charge < -0.3 is 9.74 Å². The third kappa shape index (κ3) is 3.76. The molecule has 122 valence electrons. The van der Waals surface area contributed by atoms with Crippen molar-refractivity contribution in [1.29, 1.82) is 0 Å². The van der Waals surface area contributed by atoms with E-state index in [1.54, 1.807) is 4.89 Å². The lowest BCUT2D eigenvalue weighted by atomic mass is 10.4. The lowest BCUT2D eigenvalue weighted by Gasteiger charge is -2.15. The number of sulfonamides is 1. The van der Waals surface area contributed by atoms with Crippen LogP contribution in [0, 0.1) is 0 Å². The van der Waals surface area contributed by atoms with Gasteiger partial charge in [0.05, 0.1) is 4.90 Å². The molecule has 1 saturated heterocycles. The summed E-state index contributed by atoms with van der Waals surface area (Å²) in [5, 5.41) is 0. The molecule has 1 aromatic carbocycles. The van der Waals surface area contributed by atoms with Gasteiger partial charge in [0.15, 0.2) is 9.84 Å². The highest BCUT2D eigenvalue weighted by Gasteiger charge is 2.26. The number of hydrogen-bond acceptors (Lipinski definition) is 6. The fourth-order valence-corrected chi connectivity index (χ4v) is 4.48. The molecule has 0 atom stereocenters. The number of carbonyl (C=O) groups is 1. The lowest BCUT2D eigenvalue weighted by Crippen LogP contribution is -2.36. The zero-order valence-corrected chi connectivity index (χ0v) is 13.5. The van der Waals surface area contributed by atoms with E-state index in [1.165, 1.54) is 23.1 Å². The molecule has 1 fully saturated rings. The van der Waals surface area contributed by atoms with Crippen molar-refractivity contribution >= 4 is 26.0 Å². The molecular formula is C12H16N2O6S2. The highest BCUT2D eigenvalue weighted by molar-refractivity contribution is 7.93. The van der Waals surface area contributed by atoms with Crippen molar-refractivity contribution < 1.29 is 26.5 Å². The maximum absolute atomic E-state index is 12.1. The second kappa shape index (κ2) is 6.23. The van der Waals surface area contributed by atoms with Crippen LogP contribution in [0.15, 0.2) is 34.1 Å². The summed E-state index contributed by atoms with van der Waals surface area (Å²) in [6, 6.07) is 5.09. The van der Waals surface area contributed by atoms with Gasteiger partial charge in [-0.3, -0.25) is 0 Å². The predicted octanol–water partition coefficient (Wildman–Crippen LogP) is 0.516. The molecule has 2 rings (SSSR count). The minimum absolute atomic E-state index is 0.361. The largest absolute Gasteiger partial charge is 0.429 e. The molecule has 1 heterocycles. The summed E-state index contributed by atoms with van der Waals surface area (Å²) in [7, 11) is -8.04. The normalized spacial score (nSPS) is 15.8. The summed E-state index contributed by atoms with van der Waals surface area (Å²) in [4.78, 5) is 18.5. The van der Waals surface area contributed by atoms with E-state index in [4.69, 9.17) is 0 Å². The van der Waals surface area contributed by atoms with Crippen LogP contribution in [0.5, 0.6) is 0 Å². The fourth-order valence-electron chi connectivity index (χ4n) is 2.08. The molecular weight excluding hydrogens is 332 g/mol. The van der Waals surface area contributed by atoms with Crippen LogP contribution in [0.3, 0.4) is 0 Å². The van der Waals surface area contributed by atoms with Crippen LogP contribution in [0.2, 0.25) is 0 Å². The highest BCUT2D eigenvalue weighted by Crippen LogP contribution is 2.20. The molecule has 22 heavy (non-hydrogen) atoms. The molecule has 0 unspecified atom stereocenters. The Kier molecular flexibility index (Phi) is 4.73. The van der Waals surface area contributed by atoms with Gasteiger partial charge in [-0.05, 0) is 29.9 Å². The van der Waals surface area contributed by atoms with Crippen LogP contribution in [0.1, 0.15) is 12.8 Å². The van der Waals surface area contributed by atoms with E-state index in [0.29, 0.717) is 13.1 Å². The monoisotopic (exact) mass is 348 g/mol. The number of sulfone groups is 1. The summed E-state index contributed by atoms with van der Waals surface area (Å²) in [6.45, 7) is 1.00. The maximum Gasteiger partial charge on any atom is 0.429 e. The SMILES string of the molecule is CS(=O)(=O)c1ccccc1S(=O)(=O)NOC(=O)N1CCCC1. The van der Waals surface area contributed by atoms with E-state index < -0.39 is 30.8 Å². The second-order valence-corrected chi connectivity index (χ2v) is 8.47. The summed E-state index contributed by atoms with van der Waals surface area (Å²) in [5.41, 5.74) is 0. The van der Waals surface area contributed by atoms with E-state index in [9.17, 15) is 21.6 Å². The standard InChI is InChI=1S/C12H16N2O6S2/c1-21(16,17)10-6-2-3-7-11(10)22(18,19)13-20-12(15)14-8-4-5-9-14/h2-3,6-7,13H,4-5,8-9H2,1H3. The Morgan fingerprint density at radius 2 is 1.64 bits per heavy atom. The van der Waals surface area contributed by atoms with Crippen LogP contribution in [0.25, 0.3) is 0 Å². The van der Waals surface area contributed by atoms with Gasteiger partial charge >= 0.3 is 6.09 Å². The van der Waals surface area contributed by atoms with Gasteiger partial charge in [0.1, 0.15) is 4.90 Å². The first-order valence-corrected chi connectivity index (χ1v) is 9.86. The molecule has 1 aliphatic heterocycles. The maximum atomic E-state index is 12.1. The van der Waals surface area contributed by atoms with Crippen LogP contribution >= 0.6 is 0 Å². The lowest BCUT2D eigenvalue weighted by molar-refractivity contribution is 0.0908. The van der Waals surface area contributed by atoms with Crippen LogP contribution in [-0.4, -0.2) is 47.2 Å². The van der Waals surface area contributed by atoms with Gasteiger partial charge in [0.25, 0.3) is 10.0 Å². The number of benzene rings is 1. The Hall–Kier alpha value is -1.65. The first-order chi connectivity index (χ1) is 10.2. The molecule has 1 aliphatic rings. The van der Waals surface area contributed by atoms with E-state index in [1.807, 2.05) is 0 Å². The van der Waals surface area contributed by atoms with Gasteiger partial charge in [0, 0.05) is 19.3 Å². The number of carbonyl (C=O) groups excluding carboxylic acids is 1. The summed E-state index contributed by atoms with van der Waals surface area (Å²) in [6.07, 6.45) is 1.76. The zero-order chi connectivity index (χ0) is 16.4. The average molecular weight is 348 g/mol. The van der Waals surface area contributed by atoms with Gasteiger partial charge in [-0.2, -0.15) is 0 Å². The number of hydrogen-bond donors (Lipinski definition) is 1. The van der Waals surface area contributed by atoms with Crippen LogP contribution < -0.4 is 4.89 Å². The molecule has 8 nitrogen and oxygen atoms in total. The van der Waals surface area contributed by atoms with Gasteiger partial charge in [0.2, 0.25) is 0 Å². The Bertz CT molecular complexity index is 767. The van der Waals surface area contributed by atoms with Crippen molar-refractivity contribution in [2.24, 2.45) is 0 Å². The quantitative estimate of drug-likeness (QED) is 0.794. The fraction of sp³-hybridized carbons (Fsp3) is 0.417. The third-order valence-corrected chi connectivity index (χ3v) is 5.66. The predicted molar refractivity (Wildman–Crippen MR) is 77.2 cm³/mol. The summed E-state index contributed by atoms with van der Waals surface area (Å²) < 4.78 is 47.6. The second-order valence-electron chi connectivity index (χ2n) is 4.87. The van der Waals surface area contributed by atoms with Crippen LogP contribution in [-0.2, 0) is 24.7 Å². The molecule has 0 spiro atoms. The Labute approximate surface area is 129 Å². The number of amides is 1. The summed E-state index contributed by atoms with van der Waals surface area (Å²) >= 11 is 0. The van der Waals surface area contributed by atoms with E-state index in [-0.39, 0.29) is 4.90 Å². The highest BCUT2D eigenvalue weighted by atomic mass is 32.2. The molecule has 1 amide bonds. The first-order valence-electron chi connectivity index (χ1n) is 6.48. The molecule has 0 radical (unpaired) electrons. The number of nitrogens with one attached hydrogen (secondary N) is 1. The molecule has 0 aliphatic carbocycles. The Balaban J connectivity index is 2.19. The number of nitrogens with zero attached hydrogens (tertiary/aromatic N) is 1. The number of likely N-dealkylation sites (tertiary alicyclic amines) is 1. The van der Waals surface area contributed by atoms with E-state index in [0.717, 1.165) is 25.2 Å². The smallest absolute Gasteiger partial charge is 0.338 e. The van der Waals surface area contributed by atoms with Crippen molar-refractivity contribution in [3.8, 4) is 0 Å². The summed E-state index contributed by atoms with van der Waals surface area (Å²) in [5.74, 6) is 0. The molecule has 0 bridgehead atoms. The van der Waals surface area contributed by atoms with Gasteiger partial charge in [-0.25, -0.2) is 21.6 Å². The third-order valence-electron chi connectivity index (χ3n) is 3.14. The molecule has 1 N–H and O–H groups in total. The first kappa shape index (κ1) is 16.7. The van der Waals surface area contributed by atoms with Crippen molar-refractivity contribution in [2.75, 3.05) is 19.3 Å². The minimum atomic E-state index is -4.30. The average Bonchev–Trinajstić information content (AvgIpc) is 2.98. The molecule has 0 aromatic heterocycles. The Morgan fingerprint density at radius 1 is 1.09 bits per heavy atom. The van der Waals surface area contributed by atoms with Crippen molar-refractivity contribution in [2.45, 2.75) is 22.6 Å². The van der Waals surface area contributed by atoms with Gasteiger partial charge in [-0.15, -0.1) is 0 Å². The van der Waals surface area contributed by atoms with Crippen LogP contribution in [0.4, 0.5) is 4.79 Å². The van der Waals surface area contributed by atoms with Crippen molar-refractivity contribution in [3.63, 3.8) is 0 Å². The molecule has 10 heteroatoms. The zero-order valence-electron chi connectivity index (χ0n) is 11.9.